The van der Waals surface area contributed by atoms with Crippen molar-refractivity contribution in [2.75, 3.05) is 5.75 Å². The van der Waals surface area contributed by atoms with Gasteiger partial charge in [-0.3, -0.25) is 9.89 Å². The molecular formula is C10H7Cl2N3O2S. The maximum Gasteiger partial charge on any atom is 0.313 e. The Morgan fingerprint density at radius 2 is 2.22 bits per heavy atom. The summed E-state index contributed by atoms with van der Waals surface area (Å²) in [5.41, 5.74) is 0.663. The summed E-state index contributed by atoms with van der Waals surface area (Å²) < 4.78 is 0. The SMILES string of the molecule is O=C(O)CSc1n[nH]c(-c2ccc(Cl)cc2Cl)n1. The number of rotatable bonds is 4. The van der Waals surface area contributed by atoms with E-state index in [1.807, 2.05) is 0 Å². The van der Waals surface area contributed by atoms with Crippen LogP contribution in [0, 0.1) is 0 Å². The highest BCUT2D eigenvalue weighted by Gasteiger charge is 2.11. The topological polar surface area (TPSA) is 78.9 Å². The Kier molecular flexibility index (Phi) is 4.11. The highest BCUT2D eigenvalue weighted by molar-refractivity contribution is 7.99. The van der Waals surface area contributed by atoms with E-state index in [0.29, 0.717) is 26.6 Å². The Bertz CT molecular complexity index is 588. The number of nitrogens with one attached hydrogen (secondary N) is 1. The molecule has 18 heavy (non-hydrogen) atoms. The number of benzene rings is 1. The van der Waals surface area contributed by atoms with Crippen molar-refractivity contribution in [3.05, 3.63) is 28.2 Å². The van der Waals surface area contributed by atoms with Gasteiger partial charge < -0.3 is 5.11 Å². The number of hydrogen-bond donors (Lipinski definition) is 2. The van der Waals surface area contributed by atoms with Gasteiger partial charge in [-0.15, -0.1) is 5.10 Å². The number of carboxylic acids is 1. The van der Waals surface area contributed by atoms with Gasteiger partial charge in [0.25, 0.3) is 0 Å². The first kappa shape index (κ1) is 13.2. The van der Waals surface area contributed by atoms with Gasteiger partial charge in [0, 0.05) is 10.6 Å². The maximum atomic E-state index is 10.4. The van der Waals surface area contributed by atoms with Gasteiger partial charge in [-0.1, -0.05) is 35.0 Å². The van der Waals surface area contributed by atoms with Crippen LogP contribution in [0.3, 0.4) is 0 Å². The van der Waals surface area contributed by atoms with Crippen molar-refractivity contribution in [3.63, 3.8) is 0 Å². The van der Waals surface area contributed by atoms with E-state index in [2.05, 4.69) is 15.2 Å². The molecule has 1 heterocycles. The molecular weight excluding hydrogens is 297 g/mol. The number of hydrogen-bond acceptors (Lipinski definition) is 4. The van der Waals surface area contributed by atoms with Crippen molar-refractivity contribution >= 4 is 40.9 Å². The third kappa shape index (κ3) is 3.16. The molecule has 0 saturated heterocycles. The fourth-order valence-electron chi connectivity index (χ4n) is 1.24. The van der Waals surface area contributed by atoms with Crippen LogP contribution in [-0.4, -0.2) is 32.0 Å². The minimum atomic E-state index is -0.920. The summed E-state index contributed by atoms with van der Waals surface area (Å²) in [5, 5.41) is 16.5. The molecule has 2 aromatic rings. The van der Waals surface area contributed by atoms with Crippen molar-refractivity contribution in [3.8, 4) is 11.4 Å². The van der Waals surface area contributed by atoms with Gasteiger partial charge in [0.15, 0.2) is 5.82 Å². The first-order chi connectivity index (χ1) is 8.56. The monoisotopic (exact) mass is 303 g/mol. The van der Waals surface area contributed by atoms with E-state index in [1.54, 1.807) is 18.2 Å². The number of carboxylic acid groups (broad SMARTS) is 1. The highest BCUT2D eigenvalue weighted by atomic mass is 35.5. The van der Waals surface area contributed by atoms with E-state index in [4.69, 9.17) is 28.3 Å². The van der Waals surface area contributed by atoms with Gasteiger partial charge in [0.1, 0.15) is 0 Å². The Morgan fingerprint density at radius 3 is 2.89 bits per heavy atom. The molecule has 0 radical (unpaired) electrons. The van der Waals surface area contributed by atoms with Crippen molar-refractivity contribution in [2.45, 2.75) is 5.16 Å². The van der Waals surface area contributed by atoms with Crippen LogP contribution >= 0.6 is 35.0 Å². The molecule has 0 atom stereocenters. The quantitative estimate of drug-likeness (QED) is 0.849. The van der Waals surface area contributed by atoms with Gasteiger partial charge in [0.2, 0.25) is 5.16 Å². The zero-order chi connectivity index (χ0) is 13.1. The molecule has 2 N–H and O–H groups in total. The van der Waals surface area contributed by atoms with E-state index in [0.717, 1.165) is 11.8 Å². The lowest BCUT2D eigenvalue weighted by Crippen LogP contribution is -1.97. The number of halogens is 2. The first-order valence-electron chi connectivity index (χ1n) is 4.78. The van der Waals surface area contributed by atoms with Crippen LogP contribution < -0.4 is 0 Å². The number of aromatic nitrogens is 3. The maximum absolute atomic E-state index is 10.4. The molecule has 0 amide bonds. The third-order valence-electron chi connectivity index (χ3n) is 1.98. The molecule has 0 aliphatic heterocycles. The molecule has 0 fully saturated rings. The molecule has 1 aromatic carbocycles. The fraction of sp³-hybridized carbons (Fsp3) is 0.100. The van der Waals surface area contributed by atoms with Crippen LogP contribution in [0.1, 0.15) is 0 Å². The average molecular weight is 304 g/mol. The van der Waals surface area contributed by atoms with Gasteiger partial charge in [-0.05, 0) is 18.2 Å². The number of aliphatic carboxylic acids is 1. The Hall–Kier alpha value is -1.24. The zero-order valence-electron chi connectivity index (χ0n) is 8.85. The van der Waals surface area contributed by atoms with Gasteiger partial charge in [0.05, 0.1) is 10.8 Å². The number of thioether (sulfide) groups is 1. The molecule has 2 rings (SSSR count). The van der Waals surface area contributed by atoms with Crippen molar-refractivity contribution < 1.29 is 9.90 Å². The Balaban J connectivity index is 2.21. The van der Waals surface area contributed by atoms with Crippen molar-refractivity contribution in [2.24, 2.45) is 0 Å². The molecule has 0 spiro atoms. The van der Waals surface area contributed by atoms with E-state index in [9.17, 15) is 4.79 Å². The summed E-state index contributed by atoms with van der Waals surface area (Å²) in [5.74, 6) is -0.536. The van der Waals surface area contributed by atoms with E-state index in [1.165, 1.54) is 0 Å². The summed E-state index contributed by atoms with van der Waals surface area (Å²) in [4.78, 5) is 14.6. The largest absolute Gasteiger partial charge is 0.481 e. The van der Waals surface area contributed by atoms with Crippen molar-refractivity contribution in [1.82, 2.24) is 15.2 Å². The van der Waals surface area contributed by atoms with Crippen LogP contribution in [-0.2, 0) is 4.79 Å². The van der Waals surface area contributed by atoms with Crippen LogP contribution in [0.4, 0.5) is 0 Å². The Labute approximate surface area is 117 Å². The second-order valence-electron chi connectivity index (χ2n) is 3.27. The highest BCUT2D eigenvalue weighted by Crippen LogP contribution is 2.28. The third-order valence-corrected chi connectivity index (χ3v) is 3.36. The number of aromatic amines is 1. The standard InChI is InChI=1S/C10H7Cl2N3O2S/c11-5-1-2-6(7(12)3-5)9-13-10(15-14-9)18-4-8(16)17/h1-3H,4H2,(H,16,17)(H,13,14,15). The Morgan fingerprint density at radius 1 is 1.44 bits per heavy atom. The van der Waals surface area contributed by atoms with Crippen LogP contribution in [0.15, 0.2) is 23.4 Å². The van der Waals surface area contributed by atoms with Crippen LogP contribution in [0.5, 0.6) is 0 Å². The number of H-pyrrole nitrogens is 1. The molecule has 8 heteroatoms. The lowest BCUT2D eigenvalue weighted by atomic mass is 10.2. The van der Waals surface area contributed by atoms with Gasteiger partial charge in [-0.25, -0.2) is 4.98 Å². The summed E-state index contributed by atoms with van der Waals surface area (Å²) in [6.45, 7) is 0. The molecule has 0 aliphatic carbocycles. The lowest BCUT2D eigenvalue weighted by molar-refractivity contribution is -0.133. The predicted molar refractivity (Wildman–Crippen MR) is 70.2 cm³/mol. The van der Waals surface area contributed by atoms with Gasteiger partial charge >= 0.3 is 5.97 Å². The number of carbonyl (C=O) groups is 1. The van der Waals surface area contributed by atoms with Crippen LogP contribution in [0.2, 0.25) is 10.0 Å². The summed E-state index contributed by atoms with van der Waals surface area (Å²) >= 11 is 12.9. The summed E-state index contributed by atoms with van der Waals surface area (Å²) in [6.07, 6.45) is 0. The van der Waals surface area contributed by atoms with Gasteiger partial charge in [-0.2, -0.15) is 0 Å². The molecule has 0 unspecified atom stereocenters. The van der Waals surface area contributed by atoms with E-state index >= 15 is 0 Å². The molecule has 0 saturated carbocycles. The molecule has 0 bridgehead atoms. The number of nitrogens with zero attached hydrogens (tertiary/aromatic N) is 2. The van der Waals surface area contributed by atoms with E-state index in [-0.39, 0.29) is 5.75 Å². The van der Waals surface area contributed by atoms with E-state index < -0.39 is 5.97 Å². The normalized spacial score (nSPS) is 10.6. The first-order valence-corrected chi connectivity index (χ1v) is 6.53. The predicted octanol–water partition coefficient (Wildman–Crippen LogP) is 2.96. The second kappa shape index (κ2) is 5.60. The lowest BCUT2D eigenvalue weighted by Gasteiger charge is -1.99. The average Bonchev–Trinajstić information content (AvgIpc) is 2.75. The second-order valence-corrected chi connectivity index (χ2v) is 5.06. The molecule has 0 aliphatic rings. The smallest absolute Gasteiger partial charge is 0.313 e. The molecule has 1 aromatic heterocycles. The molecule has 5 nitrogen and oxygen atoms in total. The zero-order valence-corrected chi connectivity index (χ0v) is 11.2. The summed E-state index contributed by atoms with van der Waals surface area (Å²) in [6, 6.07) is 5.01. The minimum Gasteiger partial charge on any atom is -0.481 e. The summed E-state index contributed by atoms with van der Waals surface area (Å²) in [7, 11) is 0. The van der Waals surface area contributed by atoms with Crippen molar-refractivity contribution in [1.29, 1.82) is 0 Å². The van der Waals surface area contributed by atoms with Crippen LogP contribution in [0.25, 0.3) is 11.4 Å². The molecule has 94 valence electrons. The fourth-order valence-corrected chi connectivity index (χ4v) is 2.26. The minimum absolute atomic E-state index is 0.0916.